The molecule has 1 heterocycles. The van der Waals surface area contributed by atoms with Gasteiger partial charge in [-0.2, -0.15) is 0 Å². The van der Waals surface area contributed by atoms with Gasteiger partial charge in [0.2, 0.25) is 5.91 Å². The van der Waals surface area contributed by atoms with Gasteiger partial charge in [-0.05, 0) is 37.8 Å². The number of rotatable bonds is 3. The first-order valence-electron chi connectivity index (χ1n) is 6.43. The van der Waals surface area contributed by atoms with Crippen LogP contribution in [0.4, 0.5) is 5.69 Å². The van der Waals surface area contributed by atoms with Crippen LogP contribution >= 0.6 is 0 Å². The van der Waals surface area contributed by atoms with E-state index in [-0.39, 0.29) is 11.8 Å². The predicted octanol–water partition coefficient (Wildman–Crippen LogP) is 2.08. The summed E-state index contributed by atoms with van der Waals surface area (Å²) in [7, 11) is 0. The van der Waals surface area contributed by atoms with Gasteiger partial charge >= 0.3 is 5.97 Å². The zero-order valence-electron chi connectivity index (χ0n) is 11.1. The molecular formula is C14H18N2O3. The minimum atomic E-state index is -0.879. The molecule has 0 aromatic carbocycles. The lowest BCUT2D eigenvalue weighted by Gasteiger charge is -2.15. The average molecular weight is 262 g/mol. The zero-order valence-corrected chi connectivity index (χ0v) is 11.1. The third-order valence-corrected chi connectivity index (χ3v) is 3.62. The Morgan fingerprint density at radius 1 is 1.37 bits per heavy atom. The van der Waals surface area contributed by atoms with Gasteiger partial charge in [0.25, 0.3) is 0 Å². The van der Waals surface area contributed by atoms with Gasteiger partial charge < -0.3 is 10.4 Å². The van der Waals surface area contributed by atoms with Crippen LogP contribution in [0.25, 0.3) is 0 Å². The van der Waals surface area contributed by atoms with Crippen molar-refractivity contribution < 1.29 is 14.7 Å². The molecular weight excluding hydrogens is 244 g/mol. The Balaban J connectivity index is 2.09. The van der Waals surface area contributed by atoms with Gasteiger partial charge in [-0.1, -0.05) is 6.92 Å². The van der Waals surface area contributed by atoms with E-state index in [1.807, 2.05) is 13.8 Å². The van der Waals surface area contributed by atoms with Gasteiger partial charge in [0.05, 0.1) is 11.8 Å². The first kappa shape index (κ1) is 13.5. The molecule has 0 aliphatic heterocycles. The molecule has 1 aliphatic rings. The number of nitrogens with zero attached hydrogens (tertiary/aromatic N) is 1. The second kappa shape index (κ2) is 5.38. The van der Waals surface area contributed by atoms with E-state index in [1.54, 1.807) is 18.3 Å². The van der Waals surface area contributed by atoms with E-state index in [1.165, 1.54) is 0 Å². The van der Waals surface area contributed by atoms with E-state index >= 15 is 0 Å². The molecule has 1 aliphatic carbocycles. The molecule has 0 saturated heterocycles. The standard InChI is InChI=1S/C14H18N2O3/c1-8-5-11(12(6-8)14(18)19)13(17)16-10-3-4-15-9(2)7-10/h3-4,7-8,11-12H,5-6H2,1-2H3,(H,18,19)(H,15,16,17). The van der Waals surface area contributed by atoms with Crippen molar-refractivity contribution in [2.24, 2.45) is 17.8 Å². The predicted molar refractivity (Wildman–Crippen MR) is 70.6 cm³/mol. The van der Waals surface area contributed by atoms with Crippen molar-refractivity contribution >= 4 is 17.6 Å². The Morgan fingerprint density at radius 2 is 2.05 bits per heavy atom. The second-order valence-corrected chi connectivity index (χ2v) is 5.30. The maximum atomic E-state index is 12.2. The van der Waals surface area contributed by atoms with E-state index in [0.29, 0.717) is 18.5 Å². The molecule has 19 heavy (non-hydrogen) atoms. The van der Waals surface area contributed by atoms with Crippen molar-refractivity contribution in [3.05, 3.63) is 24.0 Å². The van der Waals surface area contributed by atoms with Crippen LogP contribution in [0, 0.1) is 24.7 Å². The van der Waals surface area contributed by atoms with Crippen LogP contribution in [0.15, 0.2) is 18.3 Å². The smallest absolute Gasteiger partial charge is 0.307 e. The van der Waals surface area contributed by atoms with Crippen molar-refractivity contribution in [3.63, 3.8) is 0 Å². The van der Waals surface area contributed by atoms with Gasteiger partial charge in [-0.25, -0.2) is 0 Å². The molecule has 0 radical (unpaired) electrons. The van der Waals surface area contributed by atoms with Crippen molar-refractivity contribution in [1.29, 1.82) is 0 Å². The number of carbonyl (C=O) groups is 2. The molecule has 2 rings (SSSR count). The Labute approximate surface area is 112 Å². The fourth-order valence-electron chi connectivity index (χ4n) is 2.71. The van der Waals surface area contributed by atoms with Gasteiger partial charge in [-0.3, -0.25) is 14.6 Å². The summed E-state index contributed by atoms with van der Waals surface area (Å²) in [4.78, 5) is 27.4. The lowest BCUT2D eigenvalue weighted by Crippen LogP contribution is -2.30. The van der Waals surface area contributed by atoms with Gasteiger partial charge in [0, 0.05) is 17.6 Å². The SMILES string of the molecule is Cc1cc(NC(=O)C2CC(C)CC2C(=O)O)ccn1. The molecule has 1 aromatic heterocycles. The summed E-state index contributed by atoms with van der Waals surface area (Å²) in [5, 5.41) is 12.0. The number of nitrogens with one attached hydrogen (secondary N) is 1. The molecule has 2 N–H and O–H groups in total. The number of amides is 1. The summed E-state index contributed by atoms with van der Waals surface area (Å²) >= 11 is 0. The Kier molecular flexibility index (Phi) is 3.83. The maximum absolute atomic E-state index is 12.2. The first-order chi connectivity index (χ1) is 8.97. The highest BCUT2D eigenvalue weighted by Crippen LogP contribution is 2.37. The average Bonchev–Trinajstić information content (AvgIpc) is 2.71. The number of aromatic nitrogens is 1. The summed E-state index contributed by atoms with van der Waals surface area (Å²) in [6.07, 6.45) is 2.83. The number of hydrogen-bond acceptors (Lipinski definition) is 3. The Morgan fingerprint density at radius 3 is 2.68 bits per heavy atom. The third-order valence-electron chi connectivity index (χ3n) is 3.62. The number of aryl methyl sites for hydroxylation is 1. The molecule has 1 fully saturated rings. The van der Waals surface area contributed by atoms with E-state index in [2.05, 4.69) is 10.3 Å². The highest BCUT2D eigenvalue weighted by atomic mass is 16.4. The molecule has 3 unspecified atom stereocenters. The summed E-state index contributed by atoms with van der Waals surface area (Å²) in [5.41, 5.74) is 1.48. The van der Waals surface area contributed by atoms with Crippen LogP contribution in [0.3, 0.4) is 0 Å². The van der Waals surface area contributed by atoms with Crippen LogP contribution in [0.1, 0.15) is 25.5 Å². The highest BCUT2D eigenvalue weighted by Gasteiger charge is 2.41. The third kappa shape index (κ3) is 3.10. The monoisotopic (exact) mass is 262 g/mol. The molecule has 0 bridgehead atoms. The number of anilines is 1. The zero-order chi connectivity index (χ0) is 14.0. The summed E-state index contributed by atoms with van der Waals surface area (Å²) in [6, 6.07) is 3.48. The van der Waals surface area contributed by atoms with Crippen LogP contribution in [-0.2, 0) is 9.59 Å². The summed E-state index contributed by atoms with van der Waals surface area (Å²) < 4.78 is 0. The molecule has 1 aromatic rings. The first-order valence-corrected chi connectivity index (χ1v) is 6.43. The maximum Gasteiger partial charge on any atom is 0.307 e. The van der Waals surface area contributed by atoms with Crippen molar-refractivity contribution in [2.75, 3.05) is 5.32 Å². The summed E-state index contributed by atoms with van der Waals surface area (Å²) in [6.45, 7) is 3.83. The van der Waals surface area contributed by atoms with Gasteiger partial charge in [-0.15, -0.1) is 0 Å². The number of aliphatic carboxylic acids is 1. The molecule has 102 valence electrons. The van der Waals surface area contributed by atoms with E-state index in [4.69, 9.17) is 0 Å². The molecule has 5 nitrogen and oxygen atoms in total. The quantitative estimate of drug-likeness (QED) is 0.874. The van der Waals surface area contributed by atoms with Crippen LogP contribution in [0.5, 0.6) is 0 Å². The van der Waals surface area contributed by atoms with Crippen molar-refractivity contribution in [2.45, 2.75) is 26.7 Å². The Hall–Kier alpha value is -1.91. The van der Waals surface area contributed by atoms with Crippen LogP contribution < -0.4 is 5.32 Å². The molecule has 3 atom stereocenters. The normalized spacial score (nSPS) is 26.1. The minimum Gasteiger partial charge on any atom is -0.481 e. The van der Waals surface area contributed by atoms with E-state index in [9.17, 15) is 14.7 Å². The van der Waals surface area contributed by atoms with Crippen LogP contribution in [-0.4, -0.2) is 22.0 Å². The largest absolute Gasteiger partial charge is 0.481 e. The fraction of sp³-hybridized carbons (Fsp3) is 0.500. The number of carboxylic acids is 1. The highest BCUT2D eigenvalue weighted by molar-refractivity contribution is 5.95. The number of hydrogen-bond donors (Lipinski definition) is 2. The van der Waals surface area contributed by atoms with Gasteiger partial charge in [0.1, 0.15) is 0 Å². The van der Waals surface area contributed by atoms with Crippen molar-refractivity contribution in [1.82, 2.24) is 4.98 Å². The number of carbonyl (C=O) groups excluding carboxylic acids is 1. The molecule has 1 saturated carbocycles. The lowest BCUT2D eigenvalue weighted by atomic mass is 9.95. The summed E-state index contributed by atoms with van der Waals surface area (Å²) in [5.74, 6) is -1.83. The lowest BCUT2D eigenvalue weighted by molar-refractivity contribution is -0.145. The fourth-order valence-corrected chi connectivity index (χ4v) is 2.71. The molecule has 1 amide bonds. The van der Waals surface area contributed by atoms with E-state index < -0.39 is 17.8 Å². The Bertz CT molecular complexity index is 501. The van der Waals surface area contributed by atoms with E-state index in [0.717, 1.165) is 5.69 Å². The van der Waals surface area contributed by atoms with Gasteiger partial charge in [0.15, 0.2) is 0 Å². The second-order valence-electron chi connectivity index (χ2n) is 5.30. The topological polar surface area (TPSA) is 79.3 Å². The minimum absolute atomic E-state index is 0.206. The van der Waals surface area contributed by atoms with Crippen LogP contribution in [0.2, 0.25) is 0 Å². The number of pyridine rings is 1. The molecule has 5 heteroatoms. The molecule has 0 spiro atoms. The van der Waals surface area contributed by atoms with Crippen molar-refractivity contribution in [3.8, 4) is 0 Å². The number of carboxylic acid groups (broad SMARTS) is 1.